The van der Waals surface area contributed by atoms with Crippen LogP contribution in [0, 0.1) is 0 Å². The molecule has 126 valence electrons. The Hall–Kier alpha value is -2.92. The number of benzene rings is 1. The fourth-order valence-corrected chi connectivity index (χ4v) is 3.34. The Morgan fingerprint density at radius 2 is 2.16 bits per heavy atom. The molecule has 0 spiro atoms. The zero-order valence-electron chi connectivity index (χ0n) is 14.1. The van der Waals surface area contributed by atoms with Gasteiger partial charge in [-0.05, 0) is 49.4 Å². The topological polar surface area (TPSA) is 50.2 Å². The molecule has 1 N–H and O–H groups in total. The fourth-order valence-electron chi connectivity index (χ4n) is 3.34. The summed E-state index contributed by atoms with van der Waals surface area (Å²) in [5.74, 6) is 0.892. The van der Waals surface area contributed by atoms with Crippen molar-refractivity contribution < 1.29 is 4.79 Å². The quantitative estimate of drug-likeness (QED) is 0.746. The Morgan fingerprint density at radius 1 is 1.24 bits per heavy atom. The Labute approximate surface area is 146 Å². The molecule has 3 aromatic rings. The minimum Gasteiger partial charge on any atom is -0.329 e. The number of likely N-dealkylation sites (N-methyl/N-ethyl adjacent to an activating group) is 1. The van der Waals surface area contributed by atoms with Crippen molar-refractivity contribution in [3.63, 3.8) is 0 Å². The first-order valence-electron chi connectivity index (χ1n) is 8.41. The van der Waals surface area contributed by atoms with Crippen LogP contribution in [0.25, 0.3) is 22.3 Å². The molecule has 0 unspecified atom stereocenters. The number of hydrogen-bond acceptors (Lipinski definition) is 3. The minimum absolute atomic E-state index is 0.714. The van der Waals surface area contributed by atoms with Crippen LogP contribution in [0.1, 0.15) is 12.0 Å². The number of amides is 1. The summed E-state index contributed by atoms with van der Waals surface area (Å²) in [5.41, 5.74) is 4.45. The Kier molecular flexibility index (Phi) is 4.07. The number of hydrogen-bond donors (Lipinski definition) is 1. The molecule has 5 nitrogen and oxygen atoms in total. The minimum atomic E-state index is 0.714. The molecule has 2 aromatic heterocycles. The van der Waals surface area contributed by atoms with Gasteiger partial charge in [-0.2, -0.15) is 0 Å². The molecule has 1 aliphatic rings. The number of rotatable bonds is 4. The molecule has 0 bridgehead atoms. The molecule has 25 heavy (non-hydrogen) atoms. The SMILES string of the molecule is CN1CC=C(c2cn(-c3ccccn3)c3ccc(NC=O)cc23)CC1. The normalized spacial score (nSPS) is 15.2. The van der Waals surface area contributed by atoms with E-state index in [-0.39, 0.29) is 0 Å². The molecule has 3 heterocycles. The smallest absolute Gasteiger partial charge is 0.211 e. The first kappa shape index (κ1) is 15.6. The van der Waals surface area contributed by atoms with Crippen molar-refractivity contribution in [1.82, 2.24) is 14.5 Å². The second-order valence-corrected chi connectivity index (χ2v) is 6.34. The lowest BCUT2D eigenvalue weighted by Gasteiger charge is -2.21. The molecular formula is C20H20N4O. The van der Waals surface area contributed by atoms with E-state index in [0.29, 0.717) is 6.41 Å². The zero-order valence-corrected chi connectivity index (χ0v) is 14.1. The van der Waals surface area contributed by atoms with E-state index in [4.69, 9.17) is 0 Å². The highest BCUT2D eigenvalue weighted by molar-refractivity contribution is 5.97. The van der Waals surface area contributed by atoms with Crippen LogP contribution < -0.4 is 5.32 Å². The van der Waals surface area contributed by atoms with Gasteiger partial charge in [0.25, 0.3) is 0 Å². The van der Waals surface area contributed by atoms with E-state index in [1.165, 1.54) is 11.1 Å². The zero-order chi connectivity index (χ0) is 17.2. The standard InChI is InChI=1S/C20H20N4O/c1-23-10-7-15(8-11-23)18-13-24(20-4-2-3-9-21-20)19-6-5-16(22-14-25)12-17(18)19/h2-7,9,12-14H,8,10-11H2,1H3,(H,22,25). The molecule has 1 aliphatic heterocycles. The van der Waals surface area contributed by atoms with Gasteiger partial charge >= 0.3 is 0 Å². The van der Waals surface area contributed by atoms with E-state index in [2.05, 4.69) is 39.1 Å². The van der Waals surface area contributed by atoms with Crippen molar-refractivity contribution in [3.8, 4) is 5.82 Å². The van der Waals surface area contributed by atoms with E-state index < -0.39 is 0 Å². The Balaban J connectivity index is 1.91. The molecular weight excluding hydrogens is 312 g/mol. The second kappa shape index (κ2) is 6.53. The lowest BCUT2D eigenvalue weighted by molar-refractivity contribution is -0.105. The van der Waals surface area contributed by atoms with Crippen molar-refractivity contribution >= 4 is 28.6 Å². The highest BCUT2D eigenvalue weighted by atomic mass is 16.1. The molecule has 0 aliphatic carbocycles. The average Bonchev–Trinajstić information content (AvgIpc) is 3.02. The number of carbonyl (C=O) groups excluding carboxylic acids is 1. The summed E-state index contributed by atoms with van der Waals surface area (Å²) >= 11 is 0. The predicted octanol–water partition coefficient (Wildman–Crippen LogP) is 3.31. The maximum Gasteiger partial charge on any atom is 0.211 e. The largest absolute Gasteiger partial charge is 0.329 e. The van der Waals surface area contributed by atoms with Crippen LogP contribution in [-0.2, 0) is 4.79 Å². The van der Waals surface area contributed by atoms with E-state index >= 15 is 0 Å². The van der Waals surface area contributed by atoms with Crippen molar-refractivity contribution in [2.75, 3.05) is 25.5 Å². The number of aromatic nitrogens is 2. The van der Waals surface area contributed by atoms with Crippen LogP contribution in [0.3, 0.4) is 0 Å². The van der Waals surface area contributed by atoms with Crippen LogP contribution in [0.4, 0.5) is 5.69 Å². The summed E-state index contributed by atoms with van der Waals surface area (Å²) in [6, 6.07) is 11.9. The van der Waals surface area contributed by atoms with Crippen molar-refractivity contribution in [1.29, 1.82) is 0 Å². The van der Waals surface area contributed by atoms with Gasteiger partial charge in [0.1, 0.15) is 5.82 Å². The van der Waals surface area contributed by atoms with Crippen LogP contribution in [-0.4, -0.2) is 41.0 Å². The molecule has 0 atom stereocenters. The van der Waals surface area contributed by atoms with Gasteiger partial charge in [0, 0.05) is 42.1 Å². The van der Waals surface area contributed by atoms with E-state index in [9.17, 15) is 4.79 Å². The van der Waals surface area contributed by atoms with Gasteiger partial charge in [-0.1, -0.05) is 12.1 Å². The summed E-state index contributed by atoms with van der Waals surface area (Å²) in [5, 5.41) is 3.89. The third-order valence-corrected chi connectivity index (χ3v) is 4.68. The Bertz CT molecular complexity index is 943. The fraction of sp³-hybridized carbons (Fsp3) is 0.200. The maximum absolute atomic E-state index is 10.8. The second-order valence-electron chi connectivity index (χ2n) is 6.34. The summed E-state index contributed by atoms with van der Waals surface area (Å²) in [7, 11) is 2.14. The number of nitrogens with one attached hydrogen (secondary N) is 1. The van der Waals surface area contributed by atoms with Gasteiger partial charge in [-0.15, -0.1) is 0 Å². The monoisotopic (exact) mass is 332 g/mol. The number of carbonyl (C=O) groups is 1. The van der Waals surface area contributed by atoms with Crippen molar-refractivity contribution in [3.05, 3.63) is 60.4 Å². The number of pyridine rings is 1. The third kappa shape index (κ3) is 2.94. The molecule has 5 heteroatoms. The van der Waals surface area contributed by atoms with E-state index in [1.807, 2.05) is 36.4 Å². The molecule has 4 rings (SSSR count). The first-order valence-corrected chi connectivity index (χ1v) is 8.41. The van der Waals surface area contributed by atoms with Crippen LogP contribution in [0.2, 0.25) is 0 Å². The first-order chi connectivity index (χ1) is 12.3. The molecule has 1 aromatic carbocycles. The van der Waals surface area contributed by atoms with Crippen molar-refractivity contribution in [2.45, 2.75) is 6.42 Å². The molecule has 0 saturated carbocycles. The molecule has 0 saturated heterocycles. The van der Waals surface area contributed by atoms with Crippen molar-refractivity contribution in [2.24, 2.45) is 0 Å². The van der Waals surface area contributed by atoms with E-state index in [1.54, 1.807) is 6.20 Å². The van der Waals surface area contributed by atoms with Crippen LogP contribution in [0.5, 0.6) is 0 Å². The van der Waals surface area contributed by atoms with E-state index in [0.717, 1.165) is 41.9 Å². The number of anilines is 1. The predicted molar refractivity (Wildman–Crippen MR) is 101 cm³/mol. The van der Waals surface area contributed by atoms with Gasteiger partial charge in [-0.25, -0.2) is 4.98 Å². The average molecular weight is 332 g/mol. The molecule has 1 amide bonds. The summed E-state index contributed by atoms with van der Waals surface area (Å²) in [4.78, 5) is 17.6. The highest BCUT2D eigenvalue weighted by Gasteiger charge is 2.17. The van der Waals surface area contributed by atoms with Crippen LogP contribution >= 0.6 is 0 Å². The van der Waals surface area contributed by atoms with Gasteiger partial charge in [0.15, 0.2) is 0 Å². The lowest BCUT2D eigenvalue weighted by Crippen LogP contribution is -2.23. The van der Waals surface area contributed by atoms with Gasteiger partial charge < -0.3 is 14.8 Å². The molecule has 0 radical (unpaired) electrons. The summed E-state index contributed by atoms with van der Waals surface area (Å²) in [6.07, 6.45) is 7.99. The summed E-state index contributed by atoms with van der Waals surface area (Å²) < 4.78 is 2.12. The third-order valence-electron chi connectivity index (χ3n) is 4.68. The van der Waals surface area contributed by atoms with Gasteiger partial charge in [0.05, 0.1) is 5.52 Å². The lowest BCUT2D eigenvalue weighted by atomic mass is 9.99. The summed E-state index contributed by atoms with van der Waals surface area (Å²) in [6.45, 7) is 2.01. The van der Waals surface area contributed by atoms with Crippen LogP contribution in [0.15, 0.2) is 54.9 Å². The Morgan fingerprint density at radius 3 is 2.88 bits per heavy atom. The molecule has 0 fully saturated rings. The number of nitrogens with zero attached hydrogens (tertiary/aromatic N) is 3. The van der Waals surface area contributed by atoms with Gasteiger partial charge in [0.2, 0.25) is 6.41 Å². The maximum atomic E-state index is 10.8. The highest BCUT2D eigenvalue weighted by Crippen LogP contribution is 2.33. The number of fused-ring (bicyclic) bond motifs is 1. The van der Waals surface area contributed by atoms with Gasteiger partial charge in [-0.3, -0.25) is 4.79 Å².